The number of halogens is 1. The van der Waals surface area contributed by atoms with Gasteiger partial charge in [0.25, 0.3) is 0 Å². The minimum Gasteiger partial charge on any atom is -0.335 e. The molecule has 0 radical (unpaired) electrons. The summed E-state index contributed by atoms with van der Waals surface area (Å²) in [5.41, 5.74) is 3.56. The van der Waals surface area contributed by atoms with Gasteiger partial charge in [0.1, 0.15) is 0 Å². The monoisotopic (exact) mass is 418 g/mol. The van der Waals surface area contributed by atoms with Crippen LogP contribution in [0.2, 0.25) is 0 Å². The van der Waals surface area contributed by atoms with Gasteiger partial charge in [-0.25, -0.2) is 0 Å². The summed E-state index contributed by atoms with van der Waals surface area (Å²) in [4.78, 5) is 18.9. The normalized spacial score (nSPS) is 15.1. The number of amides is 1. The van der Waals surface area contributed by atoms with Crippen molar-refractivity contribution in [3.05, 3.63) is 65.2 Å². The molecule has 1 aliphatic heterocycles. The fraction of sp³-hybridized carbons (Fsp3) is 0.435. The van der Waals surface area contributed by atoms with Crippen LogP contribution in [0.1, 0.15) is 29.5 Å². The van der Waals surface area contributed by atoms with Gasteiger partial charge in [-0.1, -0.05) is 42.0 Å². The number of aryl methyl sites for hydroxylation is 1. The Labute approximate surface area is 179 Å². The van der Waals surface area contributed by atoms with Crippen molar-refractivity contribution in [1.29, 1.82) is 0 Å². The second-order valence-corrected chi connectivity index (χ2v) is 8.45. The van der Waals surface area contributed by atoms with Gasteiger partial charge in [-0.15, -0.1) is 24.2 Å². The van der Waals surface area contributed by atoms with Gasteiger partial charge < -0.3 is 9.80 Å². The van der Waals surface area contributed by atoms with Crippen LogP contribution in [0.15, 0.2) is 53.4 Å². The van der Waals surface area contributed by atoms with Crippen molar-refractivity contribution in [3.8, 4) is 0 Å². The molecule has 152 valence electrons. The van der Waals surface area contributed by atoms with Crippen molar-refractivity contribution >= 4 is 30.1 Å². The number of piperidine rings is 1. The maximum Gasteiger partial charge on any atom is 0.227 e. The molecule has 0 bridgehead atoms. The molecule has 0 unspecified atom stereocenters. The third-order valence-corrected chi connectivity index (χ3v) is 6.18. The minimum atomic E-state index is 0. The third-order valence-electron chi connectivity index (χ3n) is 5.44. The summed E-state index contributed by atoms with van der Waals surface area (Å²) in [6.07, 6.45) is 4.66. The SMILES string of the molecule is CSc1ccc(CC(=O)N(Cc2ccc(C)cc2)C2CCN(C)CC2)cc1.Cl. The highest BCUT2D eigenvalue weighted by atomic mass is 35.5. The van der Waals surface area contributed by atoms with E-state index in [-0.39, 0.29) is 18.3 Å². The van der Waals surface area contributed by atoms with E-state index in [1.165, 1.54) is 16.0 Å². The van der Waals surface area contributed by atoms with Crippen LogP contribution in [0.4, 0.5) is 0 Å². The second kappa shape index (κ2) is 10.9. The first kappa shape index (κ1) is 22.8. The number of benzene rings is 2. The van der Waals surface area contributed by atoms with E-state index in [2.05, 4.69) is 78.6 Å². The molecule has 0 aliphatic carbocycles. The lowest BCUT2D eigenvalue weighted by molar-refractivity contribution is -0.134. The summed E-state index contributed by atoms with van der Waals surface area (Å²) in [5, 5.41) is 0. The highest BCUT2D eigenvalue weighted by Crippen LogP contribution is 2.21. The Balaban J connectivity index is 0.00000280. The molecule has 0 N–H and O–H groups in total. The van der Waals surface area contributed by atoms with Crippen LogP contribution in [0, 0.1) is 6.92 Å². The fourth-order valence-electron chi connectivity index (χ4n) is 3.64. The zero-order valence-corrected chi connectivity index (χ0v) is 18.7. The van der Waals surface area contributed by atoms with Crippen molar-refractivity contribution in [2.45, 2.75) is 43.7 Å². The molecule has 3 rings (SSSR count). The van der Waals surface area contributed by atoms with Gasteiger partial charge in [0.05, 0.1) is 6.42 Å². The van der Waals surface area contributed by atoms with E-state index in [1.807, 2.05) is 0 Å². The topological polar surface area (TPSA) is 23.6 Å². The number of hydrogen-bond donors (Lipinski definition) is 0. The van der Waals surface area contributed by atoms with E-state index in [0.717, 1.165) is 31.5 Å². The maximum atomic E-state index is 13.2. The minimum absolute atomic E-state index is 0. The highest BCUT2D eigenvalue weighted by Gasteiger charge is 2.27. The van der Waals surface area contributed by atoms with Gasteiger partial charge in [0, 0.05) is 17.5 Å². The molecule has 1 amide bonds. The molecule has 2 aromatic rings. The zero-order chi connectivity index (χ0) is 19.2. The Morgan fingerprint density at radius 2 is 1.61 bits per heavy atom. The summed E-state index contributed by atoms with van der Waals surface area (Å²) in [5.74, 6) is 0.238. The molecule has 1 fully saturated rings. The molecule has 28 heavy (non-hydrogen) atoms. The number of carbonyl (C=O) groups is 1. The predicted molar refractivity (Wildman–Crippen MR) is 121 cm³/mol. The average molecular weight is 419 g/mol. The van der Waals surface area contributed by atoms with Crippen molar-refractivity contribution in [3.63, 3.8) is 0 Å². The molecule has 0 saturated carbocycles. The van der Waals surface area contributed by atoms with Gasteiger partial charge in [-0.05, 0) is 69.4 Å². The van der Waals surface area contributed by atoms with Crippen molar-refractivity contribution < 1.29 is 4.79 Å². The molecule has 0 aromatic heterocycles. The standard InChI is InChI=1S/C23H30N2OS.ClH/c1-18-4-6-20(7-5-18)17-25(21-12-14-24(2)15-13-21)23(26)16-19-8-10-22(27-3)11-9-19;/h4-11,21H,12-17H2,1-3H3;1H. The predicted octanol–water partition coefficient (Wildman–Crippen LogP) is 4.80. The van der Waals surface area contributed by atoms with Crippen LogP contribution in [0.25, 0.3) is 0 Å². The highest BCUT2D eigenvalue weighted by molar-refractivity contribution is 7.98. The van der Waals surface area contributed by atoms with Crippen LogP contribution >= 0.6 is 24.2 Å². The van der Waals surface area contributed by atoms with Crippen molar-refractivity contribution in [1.82, 2.24) is 9.80 Å². The average Bonchev–Trinajstić information content (AvgIpc) is 2.69. The molecule has 1 saturated heterocycles. The van der Waals surface area contributed by atoms with E-state index in [9.17, 15) is 4.79 Å². The van der Waals surface area contributed by atoms with Crippen LogP contribution in [-0.2, 0) is 17.8 Å². The molecule has 2 aromatic carbocycles. The summed E-state index contributed by atoms with van der Waals surface area (Å²) in [7, 11) is 2.16. The van der Waals surface area contributed by atoms with Gasteiger partial charge >= 0.3 is 0 Å². The number of hydrogen-bond acceptors (Lipinski definition) is 3. The lowest BCUT2D eigenvalue weighted by atomic mass is 10.0. The van der Waals surface area contributed by atoms with E-state index in [1.54, 1.807) is 11.8 Å². The zero-order valence-electron chi connectivity index (χ0n) is 17.1. The van der Waals surface area contributed by atoms with E-state index in [0.29, 0.717) is 19.0 Å². The molecular formula is C23H31ClN2OS. The van der Waals surface area contributed by atoms with E-state index < -0.39 is 0 Å². The summed E-state index contributed by atoms with van der Waals surface area (Å²) in [6.45, 7) is 4.92. The molecule has 1 aliphatic rings. The summed E-state index contributed by atoms with van der Waals surface area (Å²) < 4.78 is 0. The first-order valence-corrected chi connectivity index (χ1v) is 10.9. The quantitative estimate of drug-likeness (QED) is 0.629. The van der Waals surface area contributed by atoms with Crippen LogP contribution < -0.4 is 0 Å². The number of thioether (sulfide) groups is 1. The molecule has 0 atom stereocenters. The second-order valence-electron chi connectivity index (χ2n) is 7.57. The Morgan fingerprint density at radius 3 is 2.18 bits per heavy atom. The molecule has 0 spiro atoms. The molecular weight excluding hydrogens is 388 g/mol. The number of likely N-dealkylation sites (tertiary alicyclic amines) is 1. The lowest BCUT2D eigenvalue weighted by Gasteiger charge is -2.37. The Morgan fingerprint density at radius 1 is 1.04 bits per heavy atom. The first-order chi connectivity index (χ1) is 13.0. The Kier molecular flexibility index (Phi) is 8.87. The van der Waals surface area contributed by atoms with Crippen molar-refractivity contribution in [2.75, 3.05) is 26.4 Å². The largest absolute Gasteiger partial charge is 0.335 e. The van der Waals surface area contributed by atoms with E-state index in [4.69, 9.17) is 0 Å². The first-order valence-electron chi connectivity index (χ1n) is 9.71. The van der Waals surface area contributed by atoms with Gasteiger partial charge in [-0.3, -0.25) is 4.79 Å². The number of carbonyl (C=O) groups excluding carboxylic acids is 1. The van der Waals surface area contributed by atoms with E-state index >= 15 is 0 Å². The fourth-order valence-corrected chi connectivity index (χ4v) is 4.05. The molecule has 5 heteroatoms. The molecule has 1 heterocycles. The van der Waals surface area contributed by atoms with Gasteiger partial charge in [0.15, 0.2) is 0 Å². The number of nitrogens with zero attached hydrogens (tertiary/aromatic N) is 2. The smallest absolute Gasteiger partial charge is 0.227 e. The summed E-state index contributed by atoms with van der Waals surface area (Å²) in [6, 6.07) is 17.3. The van der Waals surface area contributed by atoms with Crippen molar-refractivity contribution in [2.24, 2.45) is 0 Å². The van der Waals surface area contributed by atoms with Crippen LogP contribution in [0.3, 0.4) is 0 Å². The Bertz CT molecular complexity index is 740. The summed E-state index contributed by atoms with van der Waals surface area (Å²) >= 11 is 1.73. The maximum absolute atomic E-state index is 13.2. The Hall–Kier alpha value is -1.49. The van der Waals surface area contributed by atoms with Gasteiger partial charge in [-0.2, -0.15) is 0 Å². The van der Waals surface area contributed by atoms with Gasteiger partial charge in [0.2, 0.25) is 5.91 Å². The van der Waals surface area contributed by atoms with Crippen LogP contribution in [-0.4, -0.2) is 48.1 Å². The van der Waals surface area contributed by atoms with Crippen LogP contribution in [0.5, 0.6) is 0 Å². The third kappa shape index (κ3) is 6.26. The number of rotatable bonds is 6. The molecule has 3 nitrogen and oxygen atoms in total. The lowest BCUT2D eigenvalue weighted by Crippen LogP contribution is -2.46.